The Hall–Kier alpha value is -2.73. The first-order valence-electron chi connectivity index (χ1n) is 9.66. The fourth-order valence-electron chi connectivity index (χ4n) is 3.61. The van der Waals surface area contributed by atoms with Crippen LogP contribution < -0.4 is 9.64 Å². The Balaban J connectivity index is 1.81. The molecule has 0 atom stereocenters. The van der Waals surface area contributed by atoms with Crippen LogP contribution in [0.25, 0.3) is 22.0 Å². The summed E-state index contributed by atoms with van der Waals surface area (Å²) in [6, 6.07) is 10.8. The quantitative estimate of drug-likeness (QED) is 0.685. The third-order valence-electron chi connectivity index (χ3n) is 5.04. The molecule has 1 saturated heterocycles. The van der Waals surface area contributed by atoms with Crippen LogP contribution in [0.2, 0.25) is 0 Å². The van der Waals surface area contributed by atoms with E-state index in [-0.39, 0.29) is 11.9 Å². The summed E-state index contributed by atoms with van der Waals surface area (Å²) in [7, 11) is 2.13. The fourth-order valence-corrected chi connectivity index (χ4v) is 3.61. The number of hydrogen-bond acceptors (Lipinski definition) is 5. The van der Waals surface area contributed by atoms with Crippen molar-refractivity contribution < 1.29 is 9.13 Å². The van der Waals surface area contributed by atoms with E-state index >= 15 is 0 Å². The molecule has 0 spiro atoms. The van der Waals surface area contributed by atoms with Crippen LogP contribution in [-0.4, -0.2) is 54.2 Å². The Morgan fingerprint density at radius 1 is 1.04 bits per heavy atom. The molecule has 0 radical (unpaired) electrons. The summed E-state index contributed by atoms with van der Waals surface area (Å²) >= 11 is 0. The number of piperazine rings is 1. The summed E-state index contributed by atoms with van der Waals surface area (Å²) in [4.78, 5) is 13.5. The van der Waals surface area contributed by atoms with Crippen molar-refractivity contribution in [1.82, 2.24) is 14.9 Å². The minimum absolute atomic E-state index is 0.0368. The van der Waals surface area contributed by atoms with Gasteiger partial charge < -0.3 is 14.5 Å². The highest BCUT2D eigenvalue weighted by atomic mass is 19.1. The van der Waals surface area contributed by atoms with Crippen LogP contribution in [0.15, 0.2) is 42.7 Å². The van der Waals surface area contributed by atoms with Crippen LogP contribution in [0.1, 0.15) is 13.8 Å². The molecule has 6 heteroatoms. The number of nitrogens with zero attached hydrogens (tertiary/aromatic N) is 4. The number of rotatable bonds is 4. The predicted octanol–water partition coefficient (Wildman–Crippen LogP) is 3.97. The number of hydrogen-bond donors (Lipinski definition) is 0. The SMILES string of the molecule is CC(C)Oc1cccc(F)c1-c1ccc2ncnc(N3CCN(C)CC3)c2c1. The van der Waals surface area contributed by atoms with Gasteiger partial charge >= 0.3 is 0 Å². The largest absolute Gasteiger partial charge is 0.490 e. The molecule has 146 valence electrons. The fraction of sp³-hybridized carbons (Fsp3) is 0.364. The number of halogens is 1. The van der Waals surface area contributed by atoms with Gasteiger partial charge in [0.05, 0.1) is 17.2 Å². The van der Waals surface area contributed by atoms with E-state index in [1.54, 1.807) is 12.4 Å². The molecule has 3 aromatic rings. The van der Waals surface area contributed by atoms with E-state index in [2.05, 4.69) is 26.8 Å². The molecule has 0 unspecified atom stereocenters. The standard InChI is InChI=1S/C22H25FN4O/c1-15(2)28-20-6-4-5-18(23)21(20)16-7-8-19-17(13-16)22(25-14-24-19)27-11-9-26(3)10-12-27/h4-8,13-15H,9-12H2,1-3H3. The van der Waals surface area contributed by atoms with Crippen LogP contribution in [-0.2, 0) is 0 Å². The predicted molar refractivity (Wildman–Crippen MR) is 110 cm³/mol. The van der Waals surface area contributed by atoms with Gasteiger partial charge in [0.15, 0.2) is 0 Å². The van der Waals surface area contributed by atoms with Crippen LogP contribution >= 0.6 is 0 Å². The number of likely N-dealkylation sites (N-methyl/N-ethyl adjacent to an activating group) is 1. The molecule has 4 rings (SSSR count). The first-order chi connectivity index (χ1) is 13.5. The van der Waals surface area contributed by atoms with Crippen LogP contribution in [0.3, 0.4) is 0 Å². The molecule has 0 aliphatic carbocycles. The minimum atomic E-state index is -0.296. The lowest BCUT2D eigenvalue weighted by Crippen LogP contribution is -2.44. The molecule has 0 saturated carbocycles. The lowest BCUT2D eigenvalue weighted by atomic mass is 10.0. The highest BCUT2D eigenvalue weighted by Crippen LogP contribution is 2.36. The van der Waals surface area contributed by atoms with Gasteiger partial charge in [-0.1, -0.05) is 12.1 Å². The topological polar surface area (TPSA) is 41.5 Å². The monoisotopic (exact) mass is 380 g/mol. The third kappa shape index (κ3) is 3.64. The van der Waals surface area contributed by atoms with Crippen LogP contribution in [0, 0.1) is 5.82 Å². The van der Waals surface area contributed by atoms with Crippen molar-refractivity contribution in [3.05, 3.63) is 48.5 Å². The van der Waals surface area contributed by atoms with Gasteiger partial charge in [-0.3, -0.25) is 0 Å². The zero-order valence-electron chi connectivity index (χ0n) is 16.5. The van der Waals surface area contributed by atoms with E-state index in [1.807, 2.05) is 38.1 Å². The molecule has 1 aromatic heterocycles. The maximum Gasteiger partial charge on any atom is 0.139 e. The van der Waals surface area contributed by atoms with Crippen molar-refractivity contribution in [2.24, 2.45) is 0 Å². The first-order valence-corrected chi connectivity index (χ1v) is 9.66. The summed E-state index contributed by atoms with van der Waals surface area (Å²) < 4.78 is 20.6. The van der Waals surface area contributed by atoms with Gasteiger partial charge in [0.1, 0.15) is 23.7 Å². The first kappa shape index (κ1) is 18.6. The van der Waals surface area contributed by atoms with Crippen molar-refractivity contribution in [2.45, 2.75) is 20.0 Å². The van der Waals surface area contributed by atoms with E-state index < -0.39 is 0 Å². The van der Waals surface area contributed by atoms with Crippen molar-refractivity contribution in [2.75, 3.05) is 38.1 Å². The van der Waals surface area contributed by atoms with E-state index in [0.717, 1.165) is 48.5 Å². The zero-order chi connectivity index (χ0) is 19.7. The van der Waals surface area contributed by atoms with Gasteiger partial charge in [-0.05, 0) is 50.7 Å². The molecular formula is C22H25FN4O. The number of ether oxygens (including phenoxy) is 1. The Morgan fingerprint density at radius 3 is 2.57 bits per heavy atom. The van der Waals surface area contributed by atoms with E-state index in [1.165, 1.54) is 6.07 Å². The molecule has 1 fully saturated rings. The molecule has 1 aliphatic heterocycles. The second-order valence-electron chi connectivity index (χ2n) is 7.50. The van der Waals surface area contributed by atoms with Crippen molar-refractivity contribution in [3.63, 3.8) is 0 Å². The highest BCUT2D eigenvalue weighted by Gasteiger charge is 2.19. The lowest BCUT2D eigenvalue weighted by Gasteiger charge is -2.33. The van der Waals surface area contributed by atoms with Gasteiger partial charge in [0, 0.05) is 31.6 Å². The van der Waals surface area contributed by atoms with Crippen molar-refractivity contribution >= 4 is 16.7 Å². The summed E-state index contributed by atoms with van der Waals surface area (Å²) in [6.45, 7) is 7.68. The summed E-state index contributed by atoms with van der Waals surface area (Å²) in [5.41, 5.74) is 2.10. The molecular weight excluding hydrogens is 355 g/mol. The Labute approximate surface area is 164 Å². The second kappa shape index (κ2) is 7.72. The molecule has 28 heavy (non-hydrogen) atoms. The average molecular weight is 380 g/mol. The number of fused-ring (bicyclic) bond motifs is 1. The average Bonchev–Trinajstić information content (AvgIpc) is 2.68. The molecule has 0 bridgehead atoms. The van der Waals surface area contributed by atoms with Crippen molar-refractivity contribution in [3.8, 4) is 16.9 Å². The molecule has 5 nitrogen and oxygen atoms in total. The summed E-state index contributed by atoms with van der Waals surface area (Å²) in [5, 5.41) is 0.934. The Bertz CT molecular complexity index is 983. The number of anilines is 1. The van der Waals surface area contributed by atoms with Crippen LogP contribution in [0.4, 0.5) is 10.2 Å². The third-order valence-corrected chi connectivity index (χ3v) is 5.04. The number of benzene rings is 2. The van der Waals surface area contributed by atoms with Crippen molar-refractivity contribution in [1.29, 1.82) is 0 Å². The smallest absolute Gasteiger partial charge is 0.139 e. The minimum Gasteiger partial charge on any atom is -0.490 e. The lowest BCUT2D eigenvalue weighted by molar-refractivity contribution is 0.242. The van der Waals surface area contributed by atoms with E-state index in [4.69, 9.17) is 4.74 Å². The summed E-state index contributed by atoms with van der Waals surface area (Å²) in [5.74, 6) is 1.16. The molecule has 1 aliphatic rings. The normalized spacial score (nSPS) is 15.4. The van der Waals surface area contributed by atoms with Gasteiger partial charge in [-0.15, -0.1) is 0 Å². The summed E-state index contributed by atoms with van der Waals surface area (Å²) in [6.07, 6.45) is 1.57. The van der Waals surface area contributed by atoms with Crippen LogP contribution in [0.5, 0.6) is 5.75 Å². The van der Waals surface area contributed by atoms with Gasteiger partial charge in [-0.2, -0.15) is 0 Å². The van der Waals surface area contributed by atoms with E-state index in [9.17, 15) is 4.39 Å². The zero-order valence-corrected chi connectivity index (χ0v) is 16.5. The second-order valence-corrected chi connectivity index (χ2v) is 7.50. The van der Waals surface area contributed by atoms with Gasteiger partial charge in [0.2, 0.25) is 0 Å². The highest BCUT2D eigenvalue weighted by molar-refractivity contribution is 5.93. The van der Waals surface area contributed by atoms with E-state index in [0.29, 0.717) is 11.3 Å². The maximum absolute atomic E-state index is 14.8. The number of aromatic nitrogens is 2. The molecule has 2 heterocycles. The molecule has 0 amide bonds. The Kier molecular flexibility index (Phi) is 5.13. The van der Waals surface area contributed by atoms with Gasteiger partial charge in [0.25, 0.3) is 0 Å². The Morgan fingerprint density at radius 2 is 1.82 bits per heavy atom. The maximum atomic E-state index is 14.8. The molecule has 0 N–H and O–H groups in total. The van der Waals surface area contributed by atoms with Gasteiger partial charge in [-0.25, -0.2) is 14.4 Å². The molecule has 2 aromatic carbocycles.